The predicted molar refractivity (Wildman–Crippen MR) is 94.6 cm³/mol. The Kier molecular flexibility index (Phi) is 4.29. The van der Waals surface area contributed by atoms with Gasteiger partial charge in [-0.25, -0.2) is 5.43 Å². The Morgan fingerprint density at radius 2 is 2.04 bits per heavy atom. The fraction of sp³-hybridized carbons (Fsp3) is 0.167. The van der Waals surface area contributed by atoms with Crippen LogP contribution in [-0.2, 0) is 0 Å². The van der Waals surface area contributed by atoms with Crippen LogP contribution in [0.4, 0.5) is 5.88 Å². The lowest BCUT2D eigenvalue weighted by molar-refractivity contribution is 0.0956. The normalized spacial score (nSPS) is 11.1. The van der Waals surface area contributed by atoms with Gasteiger partial charge >= 0.3 is 0 Å². The number of carbonyl (C=O) groups excluding carboxylic acids is 1. The SMILES string of the molecule is Cc1cc(C(=O)NN=Cc2ccc(N(C)C)o2)c2ccccc2n1. The van der Waals surface area contributed by atoms with E-state index in [0.717, 1.165) is 22.5 Å². The number of hydrogen-bond acceptors (Lipinski definition) is 5. The van der Waals surface area contributed by atoms with E-state index in [2.05, 4.69) is 15.5 Å². The molecule has 122 valence electrons. The second-order valence-electron chi connectivity index (χ2n) is 5.60. The van der Waals surface area contributed by atoms with Crippen LogP contribution in [0.5, 0.6) is 0 Å². The predicted octanol–water partition coefficient (Wildman–Crippen LogP) is 2.97. The average molecular weight is 322 g/mol. The van der Waals surface area contributed by atoms with Crippen molar-refractivity contribution < 1.29 is 9.21 Å². The summed E-state index contributed by atoms with van der Waals surface area (Å²) in [5.41, 5.74) is 4.65. The topological polar surface area (TPSA) is 70.7 Å². The number of furan rings is 1. The molecule has 6 heteroatoms. The van der Waals surface area contributed by atoms with Crippen molar-refractivity contribution in [3.05, 3.63) is 59.5 Å². The van der Waals surface area contributed by atoms with Gasteiger partial charge in [0.1, 0.15) is 5.76 Å². The molecule has 0 aliphatic carbocycles. The van der Waals surface area contributed by atoms with Crippen LogP contribution < -0.4 is 10.3 Å². The first-order valence-electron chi connectivity index (χ1n) is 7.51. The Balaban J connectivity index is 1.79. The molecule has 0 saturated heterocycles. The summed E-state index contributed by atoms with van der Waals surface area (Å²) in [5, 5.41) is 4.76. The number of nitrogens with zero attached hydrogens (tertiary/aromatic N) is 3. The van der Waals surface area contributed by atoms with Gasteiger partial charge in [-0.05, 0) is 25.1 Å². The van der Waals surface area contributed by atoms with Gasteiger partial charge in [0, 0.05) is 31.2 Å². The van der Waals surface area contributed by atoms with E-state index in [1.807, 2.05) is 56.3 Å². The molecule has 3 aromatic rings. The molecule has 6 nitrogen and oxygen atoms in total. The Morgan fingerprint density at radius 3 is 2.79 bits per heavy atom. The van der Waals surface area contributed by atoms with E-state index in [4.69, 9.17) is 4.42 Å². The first kappa shape index (κ1) is 15.7. The summed E-state index contributed by atoms with van der Waals surface area (Å²) >= 11 is 0. The van der Waals surface area contributed by atoms with Gasteiger partial charge in [0.25, 0.3) is 5.91 Å². The van der Waals surface area contributed by atoms with Gasteiger partial charge in [-0.2, -0.15) is 5.10 Å². The summed E-state index contributed by atoms with van der Waals surface area (Å²) in [6.07, 6.45) is 1.47. The Labute approximate surface area is 139 Å². The van der Waals surface area contributed by atoms with E-state index in [9.17, 15) is 4.79 Å². The smallest absolute Gasteiger partial charge is 0.272 e. The van der Waals surface area contributed by atoms with Crippen molar-refractivity contribution in [1.29, 1.82) is 0 Å². The lowest BCUT2D eigenvalue weighted by Gasteiger charge is -2.06. The molecule has 0 radical (unpaired) electrons. The minimum absolute atomic E-state index is 0.285. The van der Waals surface area contributed by atoms with Crippen LogP contribution in [0.15, 0.2) is 52.0 Å². The molecule has 0 aliphatic rings. The van der Waals surface area contributed by atoms with Crippen molar-refractivity contribution >= 4 is 28.9 Å². The molecule has 2 aromatic heterocycles. The zero-order chi connectivity index (χ0) is 17.1. The number of benzene rings is 1. The van der Waals surface area contributed by atoms with E-state index in [1.54, 1.807) is 12.1 Å². The molecule has 24 heavy (non-hydrogen) atoms. The summed E-state index contributed by atoms with van der Waals surface area (Å²) in [6.45, 7) is 1.86. The number of carbonyl (C=O) groups is 1. The molecule has 0 bridgehead atoms. The van der Waals surface area contributed by atoms with Crippen molar-refractivity contribution in [2.24, 2.45) is 5.10 Å². The highest BCUT2D eigenvalue weighted by Gasteiger charge is 2.11. The number of nitrogens with one attached hydrogen (secondary N) is 1. The van der Waals surface area contributed by atoms with Crippen molar-refractivity contribution in [2.45, 2.75) is 6.92 Å². The van der Waals surface area contributed by atoms with Gasteiger partial charge in [-0.3, -0.25) is 9.78 Å². The minimum atomic E-state index is -0.285. The van der Waals surface area contributed by atoms with Crippen molar-refractivity contribution in [1.82, 2.24) is 10.4 Å². The lowest BCUT2D eigenvalue weighted by atomic mass is 10.1. The third-order valence-electron chi connectivity index (χ3n) is 3.50. The van der Waals surface area contributed by atoms with Crippen molar-refractivity contribution in [2.75, 3.05) is 19.0 Å². The molecule has 1 amide bonds. The standard InChI is InChI=1S/C18H18N4O2/c1-12-10-15(14-6-4-5-7-16(14)20-12)18(23)21-19-11-13-8-9-17(24-13)22(2)3/h4-11H,1-3H3,(H,21,23). The molecule has 0 unspecified atom stereocenters. The van der Waals surface area contributed by atoms with Gasteiger partial charge in [0.05, 0.1) is 17.3 Å². The number of anilines is 1. The van der Waals surface area contributed by atoms with Crippen LogP contribution in [-0.4, -0.2) is 31.2 Å². The van der Waals surface area contributed by atoms with Gasteiger partial charge in [-0.1, -0.05) is 18.2 Å². The second kappa shape index (κ2) is 6.54. The van der Waals surface area contributed by atoms with Crippen LogP contribution in [0.2, 0.25) is 0 Å². The molecule has 0 spiro atoms. The zero-order valence-electron chi connectivity index (χ0n) is 13.8. The maximum atomic E-state index is 12.4. The minimum Gasteiger partial charge on any atom is -0.440 e. The van der Waals surface area contributed by atoms with E-state index < -0.39 is 0 Å². The third-order valence-corrected chi connectivity index (χ3v) is 3.50. The van der Waals surface area contributed by atoms with E-state index in [0.29, 0.717) is 11.3 Å². The number of amides is 1. The molecule has 1 aromatic carbocycles. The van der Waals surface area contributed by atoms with Crippen LogP contribution in [0.1, 0.15) is 21.8 Å². The molecular formula is C18H18N4O2. The maximum Gasteiger partial charge on any atom is 0.272 e. The number of fused-ring (bicyclic) bond motifs is 1. The van der Waals surface area contributed by atoms with Gasteiger partial charge < -0.3 is 9.32 Å². The maximum absolute atomic E-state index is 12.4. The Bertz CT molecular complexity index is 912. The van der Waals surface area contributed by atoms with Crippen LogP contribution >= 0.6 is 0 Å². The lowest BCUT2D eigenvalue weighted by Crippen LogP contribution is -2.18. The highest BCUT2D eigenvalue weighted by molar-refractivity contribution is 6.06. The van der Waals surface area contributed by atoms with E-state index >= 15 is 0 Å². The number of hydrazone groups is 1. The van der Waals surface area contributed by atoms with Gasteiger partial charge in [0.2, 0.25) is 0 Å². The summed E-state index contributed by atoms with van der Waals surface area (Å²) in [6, 6.07) is 12.9. The number of para-hydroxylation sites is 1. The molecule has 0 atom stereocenters. The quantitative estimate of drug-likeness (QED) is 0.592. The molecule has 0 aliphatic heterocycles. The summed E-state index contributed by atoms with van der Waals surface area (Å²) in [7, 11) is 3.77. The number of aromatic nitrogens is 1. The number of rotatable bonds is 4. The zero-order valence-corrected chi connectivity index (χ0v) is 13.8. The first-order chi connectivity index (χ1) is 11.5. The molecule has 0 fully saturated rings. The molecule has 1 N–H and O–H groups in total. The van der Waals surface area contributed by atoms with E-state index in [1.165, 1.54) is 6.21 Å². The Hall–Kier alpha value is -3.15. The Morgan fingerprint density at radius 1 is 1.25 bits per heavy atom. The summed E-state index contributed by atoms with van der Waals surface area (Å²) in [5.74, 6) is 1.00. The first-order valence-corrected chi connectivity index (χ1v) is 7.51. The molecule has 3 rings (SSSR count). The van der Waals surface area contributed by atoms with Crippen LogP contribution in [0, 0.1) is 6.92 Å². The largest absolute Gasteiger partial charge is 0.440 e. The third kappa shape index (κ3) is 3.27. The number of pyridine rings is 1. The van der Waals surface area contributed by atoms with E-state index in [-0.39, 0.29) is 5.91 Å². The number of aryl methyl sites for hydroxylation is 1. The van der Waals surface area contributed by atoms with Crippen LogP contribution in [0.3, 0.4) is 0 Å². The highest BCUT2D eigenvalue weighted by Crippen LogP contribution is 2.18. The van der Waals surface area contributed by atoms with Gasteiger partial charge in [0.15, 0.2) is 5.88 Å². The van der Waals surface area contributed by atoms with Gasteiger partial charge in [-0.15, -0.1) is 0 Å². The van der Waals surface area contributed by atoms with Crippen molar-refractivity contribution in [3.8, 4) is 0 Å². The molecular weight excluding hydrogens is 304 g/mol. The average Bonchev–Trinajstić information content (AvgIpc) is 3.03. The number of hydrogen-bond donors (Lipinski definition) is 1. The fourth-order valence-corrected chi connectivity index (χ4v) is 2.36. The summed E-state index contributed by atoms with van der Waals surface area (Å²) < 4.78 is 5.54. The highest BCUT2D eigenvalue weighted by atomic mass is 16.4. The second-order valence-corrected chi connectivity index (χ2v) is 5.60. The molecule has 2 heterocycles. The fourth-order valence-electron chi connectivity index (χ4n) is 2.36. The van der Waals surface area contributed by atoms with Crippen molar-refractivity contribution in [3.63, 3.8) is 0 Å². The molecule has 0 saturated carbocycles. The summed E-state index contributed by atoms with van der Waals surface area (Å²) in [4.78, 5) is 18.7. The van der Waals surface area contributed by atoms with Crippen LogP contribution in [0.25, 0.3) is 10.9 Å². The monoisotopic (exact) mass is 322 g/mol.